The Morgan fingerprint density at radius 3 is 2.94 bits per heavy atom. The topological polar surface area (TPSA) is 25.2 Å². The van der Waals surface area contributed by atoms with Crippen LogP contribution in [-0.2, 0) is 6.42 Å². The lowest BCUT2D eigenvalue weighted by atomic mass is 9.93. The van der Waals surface area contributed by atoms with Crippen molar-refractivity contribution in [3.8, 4) is 0 Å². The maximum Gasteiger partial charge on any atom is 0.105 e. The van der Waals surface area contributed by atoms with Gasteiger partial charge in [-0.3, -0.25) is 0 Å². The molecular weight excluding hydrogens is 198 g/mol. The van der Waals surface area contributed by atoms with E-state index >= 15 is 0 Å². The van der Waals surface area contributed by atoms with Gasteiger partial charge in [-0.25, -0.2) is 0 Å². The highest BCUT2D eigenvalue weighted by atomic mass is 16.3. The fourth-order valence-electron chi connectivity index (χ4n) is 3.00. The van der Waals surface area contributed by atoms with Crippen LogP contribution in [0.2, 0.25) is 0 Å². The first kappa shape index (κ1) is 11.7. The predicted octanol–water partition coefficient (Wildman–Crippen LogP) is 3.24. The smallest absolute Gasteiger partial charge is 0.105 e. The molecule has 0 amide bonds. The highest BCUT2D eigenvalue weighted by Gasteiger charge is 2.29. The van der Waals surface area contributed by atoms with E-state index in [-0.39, 0.29) is 0 Å². The van der Waals surface area contributed by atoms with E-state index in [2.05, 4.69) is 25.4 Å². The third-order valence-electron chi connectivity index (χ3n) is 4.10. The molecule has 3 unspecified atom stereocenters. The lowest BCUT2D eigenvalue weighted by Gasteiger charge is -2.22. The van der Waals surface area contributed by atoms with E-state index < -0.39 is 0 Å². The van der Waals surface area contributed by atoms with Crippen molar-refractivity contribution in [2.45, 2.75) is 45.1 Å². The molecular formula is C14H23NO. The largest absolute Gasteiger partial charge is 0.469 e. The number of nitrogens with one attached hydrogen (secondary N) is 1. The van der Waals surface area contributed by atoms with Crippen LogP contribution in [0, 0.1) is 11.8 Å². The summed E-state index contributed by atoms with van der Waals surface area (Å²) >= 11 is 0. The summed E-state index contributed by atoms with van der Waals surface area (Å²) in [4.78, 5) is 0. The zero-order chi connectivity index (χ0) is 11.4. The monoisotopic (exact) mass is 221 g/mol. The van der Waals surface area contributed by atoms with E-state index in [9.17, 15) is 0 Å². The highest BCUT2D eigenvalue weighted by molar-refractivity contribution is 5.02. The second-order valence-corrected chi connectivity index (χ2v) is 5.03. The zero-order valence-electron chi connectivity index (χ0n) is 10.4. The predicted molar refractivity (Wildman–Crippen MR) is 66.4 cm³/mol. The van der Waals surface area contributed by atoms with Crippen molar-refractivity contribution >= 4 is 0 Å². The molecule has 0 spiro atoms. The van der Waals surface area contributed by atoms with E-state index in [1.165, 1.54) is 25.7 Å². The van der Waals surface area contributed by atoms with E-state index in [1.807, 2.05) is 6.07 Å². The molecule has 1 saturated carbocycles. The average molecular weight is 221 g/mol. The van der Waals surface area contributed by atoms with Gasteiger partial charge in [0.25, 0.3) is 0 Å². The first-order chi connectivity index (χ1) is 7.83. The van der Waals surface area contributed by atoms with Crippen LogP contribution in [-0.4, -0.2) is 13.1 Å². The van der Waals surface area contributed by atoms with Crippen LogP contribution in [0.5, 0.6) is 0 Å². The number of furan rings is 1. The number of hydrogen-bond acceptors (Lipinski definition) is 2. The lowest BCUT2D eigenvalue weighted by Crippen LogP contribution is -2.34. The molecule has 1 aliphatic carbocycles. The van der Waals surface area contributed by atoms with Crippen LogP contribution in [0.15, 0.2) is 22.8 Å². The first-order valence-corrected chi connectivity index (χ1v) is 6.53. The summed E-state index contributed by atoms with van der Waals surface area (Å²) in [6, 6.07) is 4.64. The maximum absolute atomic E-state index is 5.44. The van der Waals surface area contributed by atoms with Crippen molar-refractivity contribution in [1.29, 1.82) is 0 Å². The minimum atomic E-state index is 0.586. The second kappa shape index (κ2) is 5.53. The Bertz CT molecular complexity index is 294. The van der Waals surface area contributed by atoms with Crippen LogP contribution < -0.4 is 5.32 Å². The fraction of sp³-hybridized carbons (Fsp3) is 0.714. The molecule has 16 heavy (non-hydrogen) atoms. The van der Waals surface area contributed by atoms with Gasteiger partial charge in [0.2, 0.25) is 0 Å². The molecule has 90 valence electrons. The van der Waals surface area contributed by atoms with Crippen molar-refractivity contribution in [2.75, 3.05) is 7.05 Å². The number of hydrogen-bond donors (Lipinski definition) is 1. The molecule has 0 radical (unpaired) electrons. The summed E-state index contributed by atoms with van der Waals surface area (Å²) in [5.74, 6) is 2.90. The summed E-state index contributed by atoms with van der Waals surface area (Å²) in [6.45, 7) is 2.31. The Balaban J connectivity index is 1.90. The first-order valence-electron chi connectivity index (χ1n) is 6.53. The molecule has 2 heteroatoms. The Morgan fingerprint density at radius 2 is 2.38 bits per heavy atom. The molecule has 1 aromatic rings. The minimum Gasteiger partial charge on any atom is -0.469 e. The minimum absolute atomic E-state index is 0.586. The summed E-state index contributed by atoms with van der Waals surface area (Å²) in [5.41, 5.74) is 0. The summed E-state index contributed by atoms with van der Waals surface area (Å²) in [6.07, 6.45) is 8.33. The molecule has 1 N–H and O–H groups in total. The molecule has 2 nitrogen and oxygen atoms in total. The third-order valence-corrected chi connectivity index (χ3v) is 4.10. The Kier molecular flexibility index (Phi) is 4.05. The quantitative estimate of drug-likeness (QED) is 0.825. The van der Waals surface area contributed by atoms with E-state index in [1.54, 1.807) is 6.26 Å². The van der Waals surface area contributed by atoms with Gasteiger partial charge >= 0.3 is 0 Å². The van der Waals surface area contributed by atoms with E-state index in [0.29, 0.717) is 6.04 Å². The normalized spacial score (nSPS) is 27.1. The van der Waals surface area contributed by atoms with Gasteiger partial charge in [0.1, 0.15) is 5.76 Å². The van der Waals surface area contributed by atoms with Gasteiger partial charge in [-0.1, -0.05) is 19.8 Å². The maximum atomic E-state index is 5.44. The molecule has 1 heterocycles. The van der Waals surface area contributed by atoms with E-state index in [0.717, 1.165) is 24.0 Å². The summed E-state index contributed by atoms with van der Waals surface area (Å²) in [5, 5.41) is 3.47. The fourth-order valence-corrected chi connectivity index (χ4v) is 3.00. The number of likely N-dealkylation sites (N-methyl/N-ethyl adjacent to an activating group) is 1. The SMILES string of the molecule is CCC1CCC(C(Cc2ccco2)NC)C1. The highest BCUT2D eigenvalue weighted by Crippen LogP contribution is 2.35. The van der Waals surface area contributed by atoms with Gasteiger partial charge < -0.3 is 9.73 Å². The van der Waals surface area contributed by atoms with Crippen molar-refractivity contribution in [3.05, 3.63) is 24.2 Å². The van der Waals surface area contributed by atoms with Crippen molar-refractivity contribution in [1.82, 2.24) is 5.32 Å². The summed E-state index contributed by atoms with van der Waals surface area (Å²) in [7, 11) is 2.08. The van der Waals surface area contributed by atoms with Crippen LogP contribution in [0.25, 0.3) is 0 Å². The molecule has 3 atom stereocenters. The van der Waals surface area contributed by atoms with Gasteiger partial charge in [0, 0.05) is 12.5 Å². The molecule has 0 saturated heterocycles. The van der Waals surface area contributed by atoms with E-state index in [4.69, 9.17) is 4.42 Å². The zero-order valence-corrected chi connectivity index (χ0v) is 10.4. The Morgan fingerprint density at radius 1 is 1.50 bits per heavy atom. The van der Waals surface area contributed by atoms with Gasteiger partial charge in [-0.2, -0.15) is 0 Å². The van der Waals surface area contributed by atoms with Gasteiger partial charge in [-0.05, 0) is 43.9 Å². The van der Waals surface area contributed by atoms with Crippen molar-refractivity contribution in [2.24, 2.45) is 11.8 Å². The Labute approximate surface area is 98.4 Å². The van der Waals surface area contributed by atoms with Crippen LogP contribution in [0.4, 0.5) is 0 Å². The standard InChI is InChI=1S/C14H23NO/c1-3-11-6-7-12(9-11)14(15-2)10-13-5-4-8-16-13/h4-5,8,11-12,14-15H,3,6-7,9-10H2,1-2H3. The second-order valence-electron chi connectivity index (χ2n) is 5.03. The van der Waals surface area contributed by atoms with Gasteiger partial charge in [-0.15, -0.1) is 0 Å². The number of rotatable bonds is 5. The van der Waals surface area contributed by atoms with Crippen LogP contribution in [0.1, 0.15) is 38.4 Å². The molecule has 0 aliphatic heterocycles. The lowest BCUT2D eigenvalue weighted by molar-refractivity contribution is 0.341. The van der Waals surface area contributed by atoms with Crippen LogP contribution >= 0.6 is 0 Å². The summed E-state index contributed by atoms with van der Waals surface area (Å²) < 4.78 is 5.44. The molecule has 1 aromatic heterocycles. The molecule has 0 aromatic carbocycles. The molecule has 0 bridgehead atoms. The molecule has 1 fully saturated rings. The molecule has 2 rings (SSSR count). The molecule has 1 aliphatic rings. The van der Waals surface area contributed by atoms with Crippen molar-refractivity contribution in [3.63, 3.8) is 0 Å². The van der Waals surface area contributed by atoms with Crippen LogP contribution in [0.3, 0.4) is 0 Å². The van der Waals surface area contributed by atoms with Gasteiger partial charge in [0.15, 0.2) is 0 Å². The Hall–Kier alpha value is -0.760. The average Bonchev–Trinajstić information content (AvgIpc) is 2.96. The van der Waals surface area contributed by atoms with Gasteiger partial charge in [0.05, 0.1) is 6.26 Å². The third kappa shape index (κ3) is 2.67. The van der Waals surface area contributed by atoms with Crippen molar-refractivity contribution < 1.29 is 4.42 Å².